The molecule has 0 bridgehead atoms. The van der Waals surface area contributed by atoms with Crippen molar-refractivity contribution in [3.63, 3.8) is 0 Å². The minimum Gasteiger partial charge on any atom is -0.260 e. The minimum absolute atomic E-state index is 0.104. The van der Waals surface area contributed by atoms with Crippen molar-refractivity contribution in [2.75, 3.05) is 0 Å². The fourth-order valence-corrected chi connectivity index (χ4v) is 4.18. The van der Waals surface area contributed by atoms with Crippen molar-refractivity contribution >= 4 is 32.5 Å². The van der Waals surface area contributed by atoms with Gasteiger partial charge in [-0.05, 0) is 35.9 Å². The van der Waals surface area contributed by atoms with Gasteiger partial charge in [-0.2, -0.15) is 5.10 Å². The van der Waals surface area contributed by atoms with Crippen LogP contribution in [0.2, 0.25) is 5.02 Å². The smallest absolute Gasteiger partial charge is 0.240 e. The first kappa shape index (κ1) is 18.7. The predicted octanol–water partition coefficient (Wildman–Crippen LogP) is 4.22. The van der Waals surface area contributed by atoms with Crippen LogP contribution in [0.4, 0.5) is 0 Å². The van der Waals surface area contributed by atoms with Gasteiger partial charge in [0.1, 0.15) is 0 Å². The highest BCUT2D eigenvalue weighted by atomic mass is 35.5. The van der Waals surface area contributed by atoms with Gasteiger partial charge in [-0.25, -0.2) is 13.1 Å². The molecule has 0 aliphatic carbocycles. The molecule has 5 nitrogen and oxygen atoms in total. The van der Waals surface area contributed by atoms with Crippen LogP contribution in [0.5, 0.6) is 0 Å². The maximum absolute atomic E-state index is 12.6. The molecule has 3 aromatic carbocycles. The Bertz CT molecular complexity index is 1200. The van der Waals surface area contributed by atoms with Crippen molar-refractivity contribution in [1.29, 1.82) is 0 Å². The van der Waals surface area contributed by atoms with Gasteiger partial charge in [0.25, 0.3) is 0 Å². The fourth-order valence-electron chi connectivity index (χ4n) is 3.06. The number of rotatable bonds is 6. The third kappa shape index (κ3) is 3.94. The van der Waals surface area contributed by atoms with Crippen LogP contribution < -0.4 is 4.72 Å². The van der Waals surface area contributed by atoms with Crippen LogP contribution in [0.25, 0.3) is 10.9 Å². The van der Waals surface area contributed by atoms with Crippen LogP contribution in [0, 0.1) is 0 Å². The van der Waals surface area contributed by atoms with Gasteiger partial charge < -0.3 is 0 Å². The number of benzene rings is 3. The lowest BCUT2D eigenvalue weighted by Crippen LogP contribution is -2.23. The SMILES string of the molecule is O=S(=O)(NCc1nn(Cc2ccccc2)c2ccccc12)c1ccc(Cl)cc1. The maximum Gasteiger partial charge on any atom is 0.240 e. The van der Waals surface area contributed by atoms with Crippen molar-refractivity contribution in [2.45, 2.75) is 18.0 Å². The van der Waals surface area contributed by atoms with Crippen molar-refractivity contribution in [3.05, 3.63) is 95.1 Å². The first-order valence-corrected chi connectivity index (χ1v) is 10.6. The highest BCUT2D eigenvalue weighted by Crippen LogP contribution is 2.21. The molecular formula is C21H18ClN3O2S. The maximum atomic E-state index is 12.6. The number of nitrogens with one attached hydrogen (secondary N) is 1. The Hall–Kier alpha value is -2.67. The van der Waals surface area contributed by atoms with E-state index < -0.39 is 10.0 Å². The van der Waals surface area contributed by atoms with Crippen molar-refractivity contribution in [2.24, 2.45) is 0 Å². The van der Waals surface area contributed by atoms with Gasteiger partial charge >= 0.3 is 0 Å². The normalized spacial score (nSPS) is 11.8. The van der Waals surface area contributed by atoms with Crippen molar-refractivity contribution in [1.82, 2.24) is 14.5 Å². The molecule has 0 fully saturated rings. The lowest BCUT2D eigenvalue weighted by molar-refractivity contribution is 0.579. The number of aromatic nitrogens is 2. The number of hydrogen-bond acceptors (Lipinski definition) is 3. The summed E-state index contributed by atoms with van der Waals surface area (Å²) in [7, 11) is -3.65. The molecule has 4 aromatic rings. The molecule has 1 N–H and O–H groups in total. The van der Waals surface area contributed by atoms with E-state index in [1.165, 1.54) is 12.1 Å². The van der Waals surface area contributed by atoms with E-state index >= 15 is 0 Å². The zero-order valence-electron chi connectivity index (χ0n) is 14.9. The first-order chi connectivity index (χ1) is 13.5. The van der Waals surface area contributed by atoms with Crippen LogP contribution >= 0.6 is 11.6 Å². The third-order valence-electron chi connectivity index (χ3n) is 4.46. The molecule has 0 spiro atoms. The Morgan fingerprint density at radius 3 is 2.32 bits per heavy atom. The Morgan fingerprint density at radius 2 is 1.57 bits per heavy atom. The Balaban J connectivity index is 1.61. The van der Waals surface area contributed by atoms with Gasteiger partial charge in [0.05, 0.1) is 29.2 Å². The van der Waals surface area contributed by atoms with Gasteiger partial charge in [-0.3, -0.25) is 4.68 Å². The molecule has 1 aromatic heterocycles. The number of fused-ring (bicyclic) bond motifs is 1. The number of nitrogens with zero attached hydrogens (tertiary/aromatic N) is 2. The number of para-hydroxylation sites is 1. The van der Waals surface area contributed by atoms with Crippen molar-refractivity contribution < 1.29 is 8.42 Å². The molecule has 0 saturated carbocycles. The lowest BCUT2D eigenvalue weighted by Gasteiger charge is -2.06. The van der Waals surface area contributed by atoms with E-state index in [1.54, 1.807) is 12.1 Å². The Kier molecular flexibility index (Phi) is 5.17. The minimum atomic E-state index is -3.65. The number of hydrogen-bond donors (Lipinski definition) is 1. The molecule has 0 aliphatic rings. The molecule has 28 heavy (non-hydrogen) atoms. The molecule has 7 heteroatoms. The zero-order valence-corrected chi connectivity index (χ0v) is 16.5. The number of sulfonamides is 1. The molecule has 4 rings (SSSR count). The Labute approximate surface area is 168 Å². The van der Waals surface area contributed by atoms with E-state index in [0.717, 1.165) is 16.5 Å². The van der Waals surface area contributed by atoms with Gasteiger partial charge in [-0.1, -0.05) is 60.1 Å². The molecule has 0 radical (unpaired) electrons. The highest BCUT2D eigenvalue weighted by Gasteiger charge is 2.16. The summed E-state index contributed by atoms with van der Waals surface area (Å²) in [4.78, 5) is 0.171. The molecule has 142 valence electrons. The quantitative estimate of drug-likeness (QED) is 0.516. The van der Waals surface area contributed by atoms with E-state index in [2.05, 4.69) is 9.82 Å². The largest absolute Gasteiger partial charge is 0.260 e. The summed E-state index contributed by atoms with van der Waals surface area (Å²) in [6.07, 6.45) is 0. The van der Waals surface area contributed by atoms with E-state index in [9.17, 15) is 8.42 Å². The fraction of sp³-hybridized carbons (Fsp3) is 0.0952. The summed E-state index contributed by atoms with van der Waals surface area (Å²) in [5, 5.41) is 6.08. The van der Waals surface area contributed by atoms with Gasteiger partial charge in [-0.15, -0.1) is 0 Å². The third-order valence-corrected chi connectivity index (χ3v) is 6.13. The molecular weight excluding hydrogens is 394 g/mol. The van der Waals surface area contributed by atoms with Crippen LogP contribution in [-0.2, 0) is 23.1 Å². The molecule has 0 saturated heterocycles. The van der Waals surface area contributed by atoms with Gasteiger partial charge in [0.15, 0.2) is 0 Å². The summed E-state index contributed by atoms with van der Waals surface area (Å²) in [5.41, 5.74) is 2.78. The van der Waals surface area contributed by atoms with Crippen LogP contribution in [-0.4, -0.2) is 18.2 Å². The highest BCUT2D eigenvalue weighted by molar-refractivity contribution is 7.89. The molecule has 0 amide bonds. The van der Waals surface area contributed by atoms with Gasteiger partial charge in [0.2, 0.25) is 10.0 Å². The molecule has 1 heterocycles. The van der Waals surface area contributed by atoms with Crippen molar-refractivity contribution in [3.8, 4) is 0 Å². The average Bonchev–Trinajstić information content (AvgIpc) is 3.05. The van der Waals surface area contributed by atoms with Crippen LogP contribution in [0.3, 0.4) is 0 Å². The van der Waals surface area contributed by atoms with Crippen LogP contribution in [0.1, 0.15) is 11.3 Å². The van der Waals surface area contributed by atoms with Gasteiger partial charge in [0, 0.05) is 10.4 Å². The van der Waals surface area contributed by atoms with E-state index in [4.69, 9.17) is 11.6 Å². The monoisotopic (exact) mass is 411 g/mol. The molecule has 0 atom stereocenters. The predicted molar refractivity (Wildman–Crippen MR) is 111 cm³/mol. The zero-order chi connectivity index (χ0) is 19.6. The summed E-state index contributed by atoms with van der Waals surface area (Å²) in [5.74, 6) is 0. The summed E-state index contributed by atoms with van der Waals surface area (Å²) in [6, 6.07) is 23.9. The second-order valence-electron chi connectivity index (χ2n) is 6.39. The molecule has 0 unspecified atom stereocenters. The summed E-state index contributed by atoms with van der Waals surface area (Å²) >= 11 is 5.84. The van der Waals surface area contributed by atoms with E-state index in [0.29, 0.717) is 17.3 Å². The van der Waals surface area contributed by atoms with E-state index in [-0.39, 0.29) is 11.4 Å². The molecule has 0 aliphatic heterocycles. The van der Waals surface area contributed by atoms with Crippen LogP contribution in [0.15, 0.2) is 83.8 Å². The lowest BCUT2D eigenvalue weighted by atomic mass is 10.2. The topological polar surface area (TPSA) is 64.0 Å². The summed E-state index contributed by atoms with van der Waals surface area (Å²) < 4.78 is 29.7. The second kappa shape index (κ2) is 7.75. The number of halogens is 1. The standard InChI is InChI=1S/C21H18ClN3O2S/c22-17-10-12-18(13-11-17)28(26,27)23-14-20-19-8-4-5-9-21(19)25(24-20)15-16-6-2-1-3-7-16/h1-13,23H,14-15H2. The van der Waals surface area contributed by atoms with E-state index in [1.807, 2.05) is 59.3 Å². The second-order valence-corrected chi connectivity index (χ2v) is 8.59. The average molecular weight is 412 g/mol. The first-order valence-electron chi connectivity index (χ1n) is 8.76. The summed E-state index contributed by atoms with van der Waals surface area (Å²) in [6.45, 7) is 0.721. The Morgan fingerprint density at radius 1 is 0.893 bits per heavy atom.